The number of furan rings is 1. The molecule has 0 saturated carbocycles. The van der Waals surface area contributed by atoms with Crippen molar-refractivity contribution in [2.45, 2.75) is 19.8 Å². The van der Waals surface area contributed by atoms with Crippen LogP contribution in [-0.2, 0) is 4.79 Å². The van der Waals surface area contributed by atoms with Gasteiger partial charge in [0.05, 0.1) is 21.2 Å². The first kappa shape index (κ1) is 22.9. The van der Waals surface area contributed by atoms with Gasteiger partial charge in [0.2, 0.25) is 0 Å². The SMILES string of the molecule is CCCCN1C(=O)C(=Cc2ccc(-c3ccc(Cl)c(C(=O)O)c3)o2)SC1=Nc1ccccc1. The normalized spacial score (nSPS) is 16.2. The summed E-state index contributed by atoms with van der Waals surface area (Å²) in [7, 11) is 0. The molecule has 33 heavy (non-hydrogen) atoms. The maximum Gasteiger partial charge on any atom is 0.337 e. The molecule has 1 amide bonds. The molecule has 1 fully saturated rings. The van der Waals surface area contributed by atoms with Crippen LogP contribution < -0.4 is 0 Å². The van der Waals surface area contributed by atoms with Crippen LogP contribution in [0.2, 0.25) is 5.02 Å². The van der Waals surface area contributed by atoms with Crippen molar-refractivity contribution in [1.82, 2.24) is 4.90 Å². The largest absolute Gasteiger partial charge is 0.478 e. The van der Waals surface area contributed by atoms with Gasteiger partial charge in [0.25, 0.3) is 5.91 Å². The van der Waals surface area contributed by atoms with Gasteiger partial charge in [0, 0.05) is 18.2 Å². The van der Waals surface area contributed by atoms with Gasteiger partial charge in [-0.15, -0.1) is 0 Å². The van der Waals surface area contributed by atoms with Gasteiger partial charge in [0.1, 0.15) is 11.5 Å². The van der Waals surface area contributed by atoms with Gasteiger partial charge in [-0.05, 0) is 60.6 Å². The standard InChI is InChI=1S/C25H21ClN2O4S/c1-2-3-13-28-23(29)22(33-25(28)27-17-7-5-4-6-8-17)15-18-10-12-21(32-18)16-9-11-20(26)19(14-16)24(30)31/h4-12,14-15H,2-3,13H2,1H3,(H,30,31). The lowest BCUT2D eigenvalue weighted by molar-refractivity contribution is -0.122. The maximum absolute atomic E-state index is 13.1. The number of carbonyl (C=O) groups is 2. The Hall–Kier alpha value is -3.29. The number of amides is 1. The number of aliphatic imine (C=N–C) groups is 1. The fourth-order valence-electron chi connectivity index (χ4n) is 3.27. The minimum atomic E-state index is -1.11. The summed E-state index contributed by atoms with van der Waals surface area (Å²) < 4.78 is 5.89. The van der Waals surface area contributed by atoms with Crippen LogP contribution in [0.25, 0.3) is 17.4 Å². The molecule has 1 aliphatic rings. The molecule has 0 spiro atoms. The third-order valence-electron chi connectivity index (χ3n) is 4.99. The molecule has 3 aromatic rings. The molecule has 0 aliphatic carbocycles. The number of benzene rings is 2. The van der Waals surface area contributed by atoms with E-state index in [9.17, 15) is 14.7 Å². The van der Waals surface area contributed by atoms with Crippen LogP contribution in [-0.4, -0.2) is 33.6 Å². The molecule has 0 unspecified atom stereocenters. The molecule has 1 saturated heterocycles. The third kappa shape index (κ3) is 5.21. The Morgan fingerprint density at radius 1 is 1.18 bits per heavy atom. The van der Waals surface area contributed by atoms with E-state index in [1.165, 1.54) is 23.9 Å². The van der Waals surface area contributed by atoms with Crippen molar-refractivity contribution in [2.75, 3.05) is 6.54 Å². The quantitative estimate of drug-likeness (QED) is 0.380. The topological polar surface area (TPSA) is 83.1 Å². The summed E-state index contributed by atoms with van der Waals surface area (Å²) in [6.45, 7) is 2.67. The lowest BCUT2D eigenvalue weighted by Crippen LogP contribution is -2.30. The van der Waals surface area contributed by atoms with E-state index in [1.54, 1.807) is 29.2 Å². The number of carboxylic acids is 1. The molecule has 0 bridgehead atoms. The van der Waals surface area contributed by atoms with Crippen molar-refractivity contribution >= 4 is 52.2 Å². The van der Waals surface area contributed by atoms with E-state index in [0.29, 0.717) is 33.7 Å². The number of aromatic carboxylic acids is 1. The summed E-state index contributed by atoms with van der Waals surface area (Å²) >= 11 is 7.27. The van der Waals surface area contributed by atoms with Crippen molar-refractivity contribution in [3.05, 3.63) is 81.9 Å². The molecule has 4 rings (SSSR count). The Bertz CT molecular complexity index is 1250. The fourth-order valence-corrected chi connectivity index (χ4v) is 4.48. The highest BCUT2D eigenvalue weighted by Crippen LogP contribution is 2.35. The number of nitrogens with zero attached hydrogens (tertiary/aromatic N) is 2. The van der Waals surface area contributed by atoms with Crippen molar-refractivity contribution in [3.8, 4) is 11.3 Å². The zero-order valence-corrected chi connectivity index (χ0v) is 19.4. The molecule has 2 aromatic carbocycles. The Morgan fingerprint density at radius 3 is 2.70 bits per heavy atom. The predicted molar refractivity (Wildman–Crippen MR) is 132 cm³/mol. The van der Waals surface area contributed by atoms with E-state index in [4.69, 9.17) is 16.0 Å². The summed E-state index contributed by atoms with van der Waals surface area (Å²) in [5.74, 6) is -0.247. The minimum absolute atomic E-state index is 0.000304. The van der Waals surface area contributed by atoms with Crippen molar-refractivity contribution in [3.63, 3.8) is 0 Å². The summed E-state index contributed by atoms with van der Waals surface area (Å²) in [6.07, 6.45) is 3.53. The van der Waals surface area contributed by atoms with Gasteiger partial charge < -0.3 is 9.52 Å². The smallest absolute Gasteiger partial charge is 0.337 e. The zero-order chi connectivity index (χ0) is 23.4. The molecule has 8 heteroatoms. The Labute approximate surface area is 200 Å². The Morgan fingerprint density at radius 2 is 1.97 bits per heavy atom. The van der Waals surface area contributed by atoms with E-state index in [1.807, 2.05) is 30.3 Å². The Kier molecular flexibility index (Phi) is 7.01. The minimum Gasteiger partial charge on any atom is -0.478 e. The van der Waals surface area contributed by atoms with E-state index >= 15 is 0 Å². The van der Waals surface area contributed by atoms with E-state index in [-0.39, 0.29) is 16.5 Å². The zero-order valence-electron chi connectivity index (χ0n) is 17.8. The molecule has 1 aromatic heterocycles. The summed E-state index contributed by atoms with van der Waals surface area (Å²) in [5, 5.41) is 10.1. The van der Waals surface area contributed by atoms with Crippen LogP contribution in [0.3, 0.4) is 0 Å². The van der Waals surface area contributed by atoms with Crippen LogP contribution >= 0.6 is 23.4 Å². The first-order valence-corrected chi connectivity index (χ1v) is 11.6. The van der Waals surface area contributed by atoms with Gasteiger partial charge in [0.15, 0.2) is 5.17 Å². The van der Waals surface area contributed by atoms with Gasteiger partial charge in [-0.25, -0.2) is 9.79 Å². The predicted octanol–water partition coefficient (Wildman–Crippen LogP) is 6.70. The van der Waals surface area contributed by atoms with Gasteiger partial charge in [-0.1, -0.05) is 43.1 Å². The number of halogens is 1. The van der Waals surface area contributed by atoms with Crippen LogP contribution in [0.5, 0.6) is 0 Å². The van der Waals surface area contributed by atoms with Crippen molar-refractivity contribution in [2.24, 2.45) is 4.99 Å². The number of rotatable bonds is 7. The van der Waals surface area contributed by atoms with E-state index in [0.717, 1.165) is 18.5 Å². The highest BCUT2D eigenvalue weighted by molar-refractivity contribution is 8.18. The number of hydrogen-bond acceptors (Lipinski definition) is 5. The second kappa shape index (κ2) is 10.1. The molecule has 2 heterocycles. The van der Waals surface area contributed by atoms with Crippen LogP contribution in [0, 0.1) is 0 Å². The average molecular weight is 481 g/mol. The highest BCUT2D eigenvalue weighted by atomic mass is 35.5. The van der Waals surface area contributed by atoms with Crippen molar-refractivity contribution < 1.29 is 19.1 Å². The van der Waals surface area contributed by atoms with Crippen LogP contribution in [0.15, 0.2) is 75.0 Å². The third-order valence-corrected chi connectivity index (χ3v) is 6.32. The lowest BCUT2D eigenvalue weighted by atomic mass is 10.1. The molecule has 0 atom stereocenters. The molecule has 1 N–H and O–H groups in total. The number of carboxylic acid groups (broad SMARTS) is 1. The Balaban J connectivity index is 1.62. The van der Waals surface area contributed by atoms with Gasteiger partial charge in [-0.3, -0.25) is 9.69 Å². The van der Waals surface area contributed by atoms with Gasteiger partial charge in [-0.2, -0.15) is 0 Å². The first-order chi connectivity index (χ1) is 16.0. The second-order valence-corrected chi connectivity index (χ2v) is 8.77. The monoisotopic (exact) mass is 480 g/mol. The number of amidine groups is 1. The van der Waals surface area contributed by atoms with Crippen molar-refractivity contribution in [1.29, 1.82) is 0 Å². The number of hydrogen-bond donors (Lipinski definition) is 1. The molecule has 6 nitrogen and oxygen atoms in total. The number of para-hydroxylation sites is 1. The first-order valence-electron chi connectivity index (χ1n) is 10.4. The van der Waals surface area contributed by atoms with Crippen LogP contribution in [0.4, 0.5) is 5.69 Å². The second-order valence-electron chi connectivity index (χ2n) is 7.35. The summed E-state index contributed by atoms with van der Waals surface area (Å²) in [4.78, 5) is 31.3. The molecular weight excluding hydrogens is 460 g/mol. The molecule has 168 valence electrons. The highest BCUT2D eigenvalue weighted by Gasteiger charge is 2.33. The summed E-state index contributed by atoms with van der Waals surface area (Å²) in [6, 6.07) is 17.7. The van der Waals surface area contributed by atoms with Crippen LogP contribution in [0.1, 0.15) is 35.9 Å². The number of thioether (sulfide) groups is 1. The molecular formula is C25H21ClN2O4S. The van der Waals surface area contributed by atoms with E-state index < -0.39 is 5.97 Å². The summed E-state index contributed by atoms with van der Waals surface area (Å²) in [5.41, 5.74) is 1.37. The number of unbranched alkanes of at least 4 members (excludes halogenated alkanes) is 1. The number of carbonyl (C=O) groups excluding carboxylic acids is 1. The maximum atomic E-state index is 13.1. The molecule has 1 aliphatic heterocycles. The molecule has 0 radical (unpaired) electrons. The van der Waals surface area contributed by atoms with E-state index in [2.05, 4.69) is 11.9 Å². The fraction of sp³-hybridized carbons (Fsp3) is 0.160. The average Bonchev–Trinajstić information content (AvgIpc) is 3.38. The lowest BCUT2D eigenvalue weighted by Gasteiger charge is -2.14. The van der Waals surface area contributed by atoms with Gasteiger partial charge >= 0.3 is 5.97 Å².